The Morgan fingerprint density at radius 3 is 2.95 bits per heavy atom. The van der Waals surface area contributed by atoms with Crippen LogP contribution in [0.25, 0.3) is 0 Å². The van der Waals surface area contributed by atoms with E-state index in [1.54, 1.807) is 0 Å². The first-order valence-electron chi connectivity index (χ1n) is 7.27. The third-order valence-electron chi connectivity index (χ3n) is 3.50. The fourth-order valence-electron chi connectivity index (χ4n) is 2.20. The van der Waals surface area contributed by atoms with Crippen LogP contribution in [0.5, 0.6) is 0 Å². The van der Waals surface area contributed by atoms with Gasteiger partial charge in [-0.25, -0.2) is 0 Å². The first-order valence-corrected chi connectivity index (χ1v) is 7.27. The minimum atomic E-state index is -0.155. The van der Waals surface area contributed by atoms with E-state index in [1.807, 2.05) is 37.3 Å². The molecule has 1 aliphatic rings. The summed E-state index contributed by atoms with van der Waals surface area (Å²) in [5.41, 5.74) is 1.02. The number of nitrogens with one attached hydrogen (secondary N) is 1. The fourth-order valence-corrected chi connectivity index (χ4v) is 2.20. The molecule has 0 saturated carbocycles. The van der Waals surface area contributed by atoms with Crippen molar-refractivity contribution in [3.8, 4) is 0 Å². The molecule has 4 heteroatoms. The van der Waals surface area contributed by atoms with Crippen LogP contribution >= 0.6 is 0 Å². The molecule has 1 fully saturated rings. The standard InChI is InChI=1S/C16H23NO3/c1-13(10-17-15-8-5-9-19-12-15)16(18)20-11-14-6-3-2-4-7-14/h2-4,6-7,13,15,17H,5,8-12H2,1H3. The lowest BCUT2D eigenvalue weighted by atomic mass is 10.1. The van der Waals surface area contributed by atoms with Gasteiger partial charge in [-0.15, -0.1) is 0 Å². The van der Waals surface area contributed by atoms with Gasteiger partial charge in [-0.2, -0.15) is 0 Å². The molecule has 0 spiro atoms. The minimum Gasteiger partial charge on any atom is -0.461 e. The summed E-state index contributed by atoms with van der Waals surface area (Å²) in [6.07, 6.45) is 2.20. The second kappa shape index (κ2) is 8.02. The second-order valence-corrected chi connectivity index (χ2v) is 5.32. The van der Waals surface area contributed by atoms with Gasteiger partial charge < -0.3 is 14.8 Å². The average molecular weight is 277 g/mol. The van der Waals surface area contributed by atoms with E-state index in [4.69, 9.17) is 9.47 Å². The zero-order valence-electron chi connectivity index (χ0n) is 12.0. The molecule has 1 N–H and O–H groups in total. The first-order chi connectivity index (χ1) is 9.75. The molecule has 110 valence electrons. The summed E-state index contributed by atoms with van der Waals surface area (Å²) in [4.78, 5) is 11.9. The predicted octanol–water partition coefficient (Wildman–Crippen LogP) is 2.13. The molecule has 2 unspecified atom stereocenters. The summed E-state index contributed by atoms with van der Waals surface area (Å²) in [5, 5.41) is 3.37. The Balaban J connectivity index is 1.66. The molecular weight excluding hydrogens is 254 g/mol. The van der Waals surface area contributed by atoms with E-state index in [2.05, 4.69) is 5.32 Å². The molecule has 1 aliphatic heterocycles. The number of hydrogen-bond acceptors (Lipinski definition) is 4. The Kier molecular flexibility index (Phi) is 6.02. The van der Waals surface area contributed by atoms with E-state index >= 15 is 0 Å². The molecule has 2 rings (SSSR count). The number of benzene rings is 1. The lowest BCUT2D eigenvalue weighted by Crippen LogP contribution is -2.40. The minimum absolute atomic E-state index is 0.138. The van der Waals surface area contributed by atoms with Gasteiger partial charge in [0.15, 0.2) is 0 Å². The average Bonchev–Trinajstić information content (AvgIpc) is 2.52. The Hall–Kier alpha value is -1.39. The molecule has 0 aromatic heterocycles. The molecule has 1 aromatic rings. The number of hydrogen-bond donors (Lipinski definition) is 1. The lowest BCUT2D eigenvalue weighted by molar-refractivity contribution is -0.149. The van der Waals surface area contributed by atoms with Gasteiger partial charge in [0, 0.05) is 19.2 Å². The largest absolute Gasteiger partial charge is 0.461 e. The zero-order chi connectivity index (χ0) is 14.2. The monoisotopic (exact) mass is 277 g/mol. The third kappa shape index (κ3) is 4.94. The van der Waals surface area contributed by atoms with E-state index in [1.165, 1.54) is 0 Å². The van der Waals surface area contributed by atoms with Gasteiger partial charge in [0.25, 0.3) is 0 Å². The van der Waals surface area contributed by atoms with Crippen molar-refractivity contribution in [2.24, 2.45) is 5.92 Å². The normalized spacial score (nSPS) is 20.4. The Morgan fingerprint density at radius 1 is 1.45 bits per heavy atom. The van der Waals surface area contributed by atoms with Crippen molar-refractivity contribution in [1.82, 2.24) is 5.32 Å². The van der Waals surface area contributed by atoms with Crippen molar-refractivity contribution < 1.29 is 14.3 Å². The predicted molar refractivity (Wildman–Crippen MR) is 77.2 cm³/mol. The first kappa shape index (κ1) is 15.0. The molecule has 1 saturated heterocycles. The van der Waals surface area contributed by atoms with Crippen molar-refractivity contribution in [3.63, 3.8) is 0 Å². The SMILES string of the molecule is CC(CNC1CCCOC1)C(=O)OCc1ccccc1. The van der Waals surface area contributed by atoms with Gasteiger partial charge in [0.1, 0.15) is 6.61 Å². The molecule has 4 nitrogen and oxygen atoms in total. The summed E-state index contributed by atoms with van der Waals surface area (Å²) >= 11 is 0. The number of carbonyl (C=O) groups is 1. The van der Waals surface area contributed by atoms with E-state index in [0.717, 1.165) is 31.6 Å². The second-order valence-electron chi connectivity index (χ2n) is 5.32. The van der Waals surface area contributed by atoms with Crippen LogP contribution in [0.15, 0.2) is 30.3 Å². The summed E-state index contributed by atoms with van der Waals surface area (Å²) in [6.45, 7) is 4.47. The number of esters is 1. The molecule has 0 radical (unpaired) electrons. The highest BCUT2D eigenvalue weighted by atomic mass is 16.5. The van der Waals surface area contributed by atoms with Gasteiger partial charge in [-0.05, 0) is 18.4 Å². The highest BCUT2D eigenvalue weighted by molar-refractivity contribution is 5.72. The van der Waals surface area contributed by atoms with Gasteiger partial charge in [0.2, 0.25) is 0 Å². The maximum Gasteiger partial charge on any atom is 0.310 e. The number of rotatable bonds is 6. The smallest absolute Gasteiger partial charge is 0.310 e. The third-order valence-corrected chi connectivity index (χ3v) is 3.50. The lowest BCUT2D eigenvalue weighted by Gasteiger charge is -2.24. The summed E-state index contributed by atoms with van der Waals surface area (Å²) in [6, 6.07) is 10.1. The molecule has 0 aliphatic carbocycles. The Labute approximate surface area is 120 Å². The van der Waals surface area contributed by atoms with Crippen LogP contribution in [0.1, 0.15) is 25.3 Å². The molecule has 1 heterocycles. The van der Waals surface area contributed by atoms with Crippen molar-refractivity contribution in [2.45, 2.75) is 32.4 Å². The maximum absolute atomic E-state index is 11.9. The number of ether oxygens (including phenoxy) is 2. The van der Waals surface area contributed by atoms with Crippen LogP contribution in [0.4, 0.5) is 0 Å². The highest BCUT2D eigenvalue weighted by Gasteiger charge is 2.18. The molecule has 2 atom stereocenters. The van der Waals surface area contributed by atoms with Gasteiger partial charge in [-0.3, -0.25) is 4.79 Å². The Bertz CT molecular complexity index is 401. The van der Waals surface area contributed by atoms with Gasteiger partial charge >= 0.3 is 5.97 Å². The summed E-state index contributed by atoms with van der Waals surface area (Å²) in [5.74, 6) is -0.293. The van der Waals surface area contributed by atoms with Gasteiger partial charge in [-0.1, -0.05) is 37.3 Å². The quantitative estimate of drug-likeness (QED) is 0.809. The van der Waals surface area contributed by atoms with Crippen LogP contribution in [0.2, 0.25) is 0 Å². The van der Waals surface area contributed by atoms with E-state index in [9.17, 15) is 4.79 Å². The van der Waals surface area contributed by atoms with E-state index < -0.39 is 0 Å². The summed E-state index contributed by atoms with van der Waals surface area (Å²) < 4.78 is 10.7. The Morgan fingerprint density at radius 2 is 2.25 bits per heavy atom. The van der Waals surface area contributed by atoms with Crippen LogP contribution in [0.3, 0.4) is 0 Å². The maximum atomic E-state index is 11.9. The van der Waals surface area contributed by atoms with Crippen molar-refractivity contribution in [1.29, 1.82) is 0 Å². The van der Waals surface area contributed by atoms with Crippen molar-refractivity contribution in [2.75, 3.05) is 19.8 Å². The molecule has 1 aromatic carbocycles. The molecule has 0 amide bonds. The van der Waals surface area contributed by atoms with Crippen LogP contribution in [-0.4, -0.2) is 31.8 Å². The topological polar surface area (TPSA) is 47.6 Å². The van der Waals surface area contributed by atoms with Crippen LogP contribution < -0.4 is 5.32 Å². The number of carbonyl (C=O) groups excluding carboxylic acids is 1. The van der Waals surface area contributed by atoms with E-state index in [0.29, 0.717) is 19.2 Å². The van der Waals surface area contributed by atoms with Crippen molar-refractivity contribution in [3.05, 3.63) is 35.9 Å². The van der Waals surface area contributed by atoms with Crippen LogP contribution in [0, 0.1) is 5.92 Å². The fraction of sp³-hybridized carbons (Fsp3) is 0.562. The zero-order valence-corrected chi connectivity index (χ0v) is 12.0. The van der Waals surface area contributed by atoms with Gasteiger partial charge in [0.05, 0.1) is 12.5 Å². The van der Waals surface area contributed by atoms with Crippen LogP contribution in [-0.2, 0) is 20.9 Å². The molecule has 20 heavy (non-hydrogen) atoms. The van der Waals surface area contributed by atoms with E-state index in [-0.39, 0.29) is 11.9 Å². The highest BCUT2D eigenvalue weighted by Crippen LogP contribution is 2.08. The molecular formula is C16H23NO3. The summed E-state index contributed by atoms with van der Waals surface area (Å²) in [7, 11) is 0. The van der Waals surface area contributed by atoms with Crippen molar-refractivity contribution >= 4 is 5.97 Å². The molecule has 0 bridgehead atoms.